The van der Waals surface area contributed by atoms with Crippen LogP contribution in [-0.2, 0) is 21.2 Å². The first kappa shape index (κ1) is 20.6. The maximum Gasteiger partial charge on any atom is 0.307 e. The van der Waals surface area contributed by atoms with Gasteiger partial charge in [0, 0.05) is 0 Å². The minimum Gasteiger partial charge on any atom is -0.481 e. The van der Waals surface area contributed by atoms with Gasteiger partial charge in [-0.05, 0) is 67.6 Å². The normalized spacial score (nSPS) is 20.3. The highest BCUT2D eigenvalue weighted by Crippen LogP contribution is 2.35. The van der Waals surface area contributed by atoms with Gasteiger partial charge in [-0.3, -0.25) is 4.79 Å². The number of hydrogen-bond donors (Lipinski definition) is 2. The quantitative estimate of drug-likeness (QED) is 0.721. The van der Waals surface area contributed by atoms with Gasteiger partial charge in [-0.2, -0.15) is 0 Å². The summed E-state index contributed by atoms with van der Waals surface area (Å²) in [6.07, 6.45) is 6.89. The van der Waals surface area contributed by atoms with Crippen molar-refractivity contribution in [1.29, 1.82) is 0 Å². The van der Waals surface area contributed by atoms with Crippen molar-refractivity contribution in [2.45, 2.75) is 57.6 Å². The molecule has 144 valence electrons. The van der Waals surface area contributed by atoms with Crippen LogP contribution in [-0.4, -0.2) is 24.7 Å². The molecule has 3 atom stereocenters. The van der Waals surface area contributed by atoms with Gasteiger partial charge in [-0.25, -0.2) is 13.6 Å². The molecule has 0 heterocycles. The lowest BCUT2D eigenvalue weighted by molar-refractivity contribution is -0.136. The Labute approximate surface area is 156 Å². The molecular formula is C20H29NO4S. The highest BCUT2D eigenvalue weighted by Gasteiger charge is 2.23. The summed E-state index contributed by atoms with van der Waals surface area (Å²) in [6, 6.07) is 7.77. The molecule has 5 nitrogen and oxygen atoms in total. The van der Waals surface area contributed by atoms with E-state index in [1.165, 1.54) is 5.57 Å². The zero-order valence-corrected chi connectivity index (χ0v) is 16.3. The van der Waals surface area contributed by atoms with Crippen molar-refractivity contribution in [2.24, 2.45) is 17.0 Å². The van der Waals surface area contributed by atoms with E-state index in [4.69, 9.17) is 10.2 Å². The zero-order chi connectivity index (χ0) is 19.3. The first-order valence-corrected chi connectivity index (χ1v) is 10.8. The highest BCUT2D eigenvalue weighted by atomic mass is 32.2. The Bertz CT molecular complexity index is 753. The number of primary sulfonamides is 1. The topological polar surface area (TPSA) is 97.5 Å². The fraction of sp³-hybridized carbons (Fsp3) is 0.550. The van der Waals surface area contributed by atoms with Gasteiger partial charge < -0.3 is 5.11 Å². The number of benzene rings is 1. The molecule has 0 bridgehead atoms. The van der Waals surface area contributed by atoms with Crippen molar-refractivity contribution in [2.75, 3.05) is 0 Å². The lowest BCUT2D eigenvalue weighted by Crippen LogP contribution is -2.27. The van der Waals surface area contributed by atoms with E-state index >= 15 is 0 Å². The van der Waals surface area contributed by atoms with Gasteiger partial charge >= 0.3 is 5.97 Å². The van der Waals surface area contributed by atoms with E-state index in [0.717, 1.165) is 36.8 Å². The Morgan fingerprint density at radius 2 is 1.88 bits per heavy atom. The molecule has 1 aliphatic carbocycles. The Morgan fingerprint density at radius 3 is 2.38 bits per heavy atom. The van der Waals surface area contributed by atoms with Crippen molar-refractivity contribution in [3.63, 3.8) is 0 Å². The molecule has 0 spiro atoms. The smallest absolute Gasteiger partial charge is 0.307 e. The van der Waals surface area contributed by atoms with E-state index in [-0.39, 0.29) is 6.42 Å². The van der Waals surface area contributed by atoms with E-state index < -0.39 is 21.2 Å². The van der Waals surface area contributed by atoms with Crippen molar-refractivity contribution in [3.8, 4) is 0 Å². The molecule has 1 aliphatic rings. The molecule has 0 aliphatic heterocycles. The number of carboxylic acids is 1. The molecule has 1 aromatic carbocycles. The van der Waals surface area contributed by atoms with Gasteiger partial charge in [0.05, 0.1) is 11.7 Å². The van der Waals surface area contributed by atoms with Gasteiger partial charge in [-0.1, -0.05) is 37.3 Å². The second-order valence-electron chi connectivity index (χ2n) is 7.49. The fourth-order valence-corrected chi connectivity index (χ4v) is 4.01. The average Bonchev–Trinajstić information content (AvgIpc) is 2.59. The maximum absolute atomic E-state index is 11.3. The van der Waals surface area contributed by atoms with E-state index in [1.54, 1.807) is 6.92 Å². The molecule has 6 heteroatoms. The number of rotatable bonds is 8. The highest BCUT2D eigenvalue weighted by molar-refractivity contribution is 7.89. The lowest BCUT2D eigenvalue weighted by atomic mass is 9.78. The van der Waals surface area contributed by atoms with Crippen LogP contribution in [0.25, 0.3) is 5.57 Å². The van der Waals surface area contributed by atoms with Crippen LogP contribution in [0.1, 0.15) is 57.1 Å². The van der Waals surface area contributed by atoms with Gasteiger partial charge in [-0.15, -0.1) is 0 Å². The second-order valence-corrected chi connectivity index (χ2v) is 9.47. The molecule has 2 rings (SSSR count). The molecule has 3 N–H and O–H groups in total. The minimum absolute atomic E-state index is 0.0514. The van der Waals surface area contributed by atoms with Crippen LogP contribution in [0.4, 0.5) is 0 Å². The Balaban J connectivity index is 1.90. The van der Waals surface area contributed by atoms with E-state index in [9.17, 15) is 13.2 Å². The van der Waals surface area contributed by atoms with Crippen LogP contribution in [0.2, 0.25) is 0 Å². The van der Waals surface area contributed by atoms with E-state index in [0.29, 0.717) is 18.3 Å². The Morgan fingerprint density at radius 1 is 1.23 bits per heavy atom. The largest absolute Gasteiger partial charge is 0.481 e. The molecule has 0 fully saturated rings. The third-order valence-corrected chi connectivity index (χ3v) is 6.88. The molecule has 0 saturated heterocycles. The summed E-state index contributed by atoms with van der Waals surface area (Å²) in [5.74, 6) is 0.218. The number of aliphatic carboxylic acids is 1. The zero-order valence-electron chi connectivity index (χ0n) is 15.5. The summed E-state index contributed by atoms with van der Waals surface area (Å²) < 4.78 is 22.7. The van der Waals surface area contributed by atoms with Crippen LogP contribution in [0.15, 0.2) is 30.3 Å². The number of carbonyl (C=O) groups is 1. The number of allylic oxidation sites excluding steroid dienone is 2. The Kier molecular flexibility index (Phi) is 7.01. The molecule has 0 radical (unpaired) electrons. The molecule has 3 unspecified atom stereocenters. The predicted molar refractivity (Wildman–Crippen MR) is 104 cm³/mol. The van der Waals surface area contributed by atoms with Crippen LogP contribution < -0.4 is 5.14 Å². The van der Waals surface area contributed by atoms with Crippen molar-refractivity contribution < 1.29 is 18.3 Å². The van der Waals surface area contributed by atoms with Crippen molar-refractivity contribution in [1.82, 2.24) is 0 Å². The van der Waals surface area contributed by atoms with Gasteiger partial charge in [0.15, 0.2) is 0 Å². The summed E-state index contributed by atoms with van der Waals surface area (Å²) >= 11 is 0. The minimum atomic E-state index is -3.43. The van der Waals surface area contributed by atoms with Crippen LogP contribution in [0.5, 0.6) is 0 Å². The van der Waals surface area contributed by atoms with Gasteiger partial charge in [0.1, 0.15) is 0 Å². The predicted octanol–water partition coefficient (Wildman–Crippen LogP) is 3.59. The number of nitrogens with two attached hydrogens (primary N) is 1. The molecule has 26 heavy (non-hydrogen) atoms. The van der Waals surface area contributed by atoms with Crippen molar-refractivity contribution >= 4 is 21.6 Å². The maximum atomic E-state index is 11.3. The van der Waals surface area contributed by atoms with Crippen LogP contribution >= 0.6 is 0 Å². The molecule has 1 aromatic rings. The third-order valence-electron chi connectivity index (χ3n) is 5.53. The summed E-state index contributed by atoms with van der Waals surface area (Å²) in [4.78, 5) is 10.8. The number of hydrogen-bond acceptors (Lipinski definition) is 3. The van der Waals surface area contributed by atoms with E-state index in [1.807, 2.05) is 24.3 Å². The van der Waals surface area contributed by atoms with Crippen LogP contribution in [0.3, 0.4) is 0 Å². The monoisotopic (exact) mass is 379 g/mol. The Hall–Kier alpha value is -1.66. The molecule has 0 amide bonds. The van der Waals surface area contributed by atoms with E-state index in [2.05, 4.69) is 13.0 Å². The third kappa shape index (κ3) is 5.95. The number of sulfonamides is 1. The summed E-state index contributed by atoms with van der Waals surface area (Å²) in [7, 11) is -3.43. The first-order chi connectivity index (χ1) is 12.2. The molecule has 0 saturated carbocycles. The lowest BCUT2D eigenvalue weighted by Gasteiger charge is -2.28. The van der Waals surface area contributed by atoms with Crippen LogP contribution in [0, 0.1) is 11.8 Å². The second kappa shape index (κ2) is 8.82. The summed E-state index contributed by atoms with van der Waals surface area (Å²) in [5.41, 5.74) is 3.29. The SMILES string of the molecule is CC(CCC(C)S(N)(=O)=O)C1CC=C(c2ccc(CC(=O)O)cc2)CC1. The number of carboxylic acid groups (broad SMARTS) is 1. The van der Waals surface area contributed by atoms with Gasteiger partial charge in [0.25, 0.3) is 0 Å². The molecule has 0 aromatic heterocycles. The first-order valence-electron chi connectivity index (χ1n) is 9.18. The van der Waals surface area contributed by atoms with Gasteiger partial charge in [0.2, 0.25) is 10.0 Å². The standard InChI is InChI=1S/C20H29NO4S/c1-14(3-4-15(2)26(21,24)25)17-9-11-19(12-10-17)18-7-5-16(6-8-18)13-20(22)23/h5-8,11,14-15,17H,3-4,9-10,12-13H2,1-2H3,(H,22,23)(H2,21,24,25). The summed E-state index contributed by atoms with van der Waals surface area (Å²) in [6.45, 7) is 3.87. The average molecular weight is 380 g/mol. The van der Waals surface area contributed by atoms with Crippen molar-refractivity contribution in [3.05, 3.63) is 41.5 Å². The molecular weight excluding hydrogens is 350 g/mol. The summed E-state index contributed by atoms with van der Waals surface area (Å²) in [5, 5.41) is 13.5. The fourth-order valence-electron chi connectivity index (χ4n) is 3.54.